The van der Waals surface area contributed by atoms with Crippen LogP contribution in [0.15, 0.2) is 24.3 Å². The molecule has 0 amide bonds. The van der Waals surface area contributed by atoms with Crippen molar-refractivity contribution < 1.29 is 19.4 Å². The molecule has 1 N–H and O–H groups in total. The van der Waals surface area contributed by atoms with Crippen LogP contribution in [0.5, 0.6) is 5.75 Å². The van der Waals surface area contributed by atoms with Gasteiger partial charge in [0.2, 0.25) is 0 Å². The van der Waals surface area contributed by atoms with E-state index >= 15 is 0 Å². The van der Waals surface area contributed by atoms with Crippen LogP contribution in [0.25, 0.3) is 0 Å². The topological polar surface area (TPSA) is 55.8 Å². The normalized spacial score (nSPS) is 14.4. The lowest BCUT2D eigenvalue weighted by Crippen LogP contribution is -2.38. The van der Waals surface area contributed by atoms with E-state index in [1.165, 1.54) is 14.0 Å². The maximum absolute atomic E-state index is 11.4. The minimum absolute atomic E-state index is 0.194. The number of aliphatic carboxylic acids is 1. The Kier molecular flexibility index (Phi) is 4.12. The molecule has 0 saturated carbocycles. The van der Waals surface area contributed by atoms with E-state index in [9.17, 15) is 9.90 Å². The van der Waals surface area contributed by atoms with E-state index in [1.807, 2.05) is 0 Å². The van der Waals surface area contributed by atoms with Gasteiger partial charge in [0.25, 0.3) is 0 Å². The second kappa shape index (κ2) is 5.19. The minimum Gasteiger partial charge on any atom is -0.496 e. The number of hydrogen-bond donors (Lipinski definition) is 1. The van der Waals surface area contributed by atoms with E-state index in [0.29, 0.717) is 11.3 Å². The first-order valence-electron chi connectivity index (χ1n) is 5.46. The number of carboxylic acids is 1. The number of carbonyl (C=O) groups is 1. The van der Waals surface area contributed by atoms with Crippen LogP contribution >= 0.6 is 0 Å². The Balaban J connectivity index is 3.27. The van der Waals surface area contributed by atoms with E-state index in [2.05, 4.69) is 0 Å². The molecular formula is C13H18O4. The Labute approximate surface area is 101 Å². The average Bonchev–Trinajstić information content (AvgIpc) is 2.27. The highest BCUT2D eigenvalue weighted by atomic mass is 16.5. The Hall–Kier alpha value is -1.55. The third-order valence-corrected chi connectivity index (χ3v) is 2.50. The molecule has 0 fully saturated rings. The number of para-hydroxylation sites is 1. The summed E-state index contributed by atoms with van der Waals surface area (Å²) >= 11 is 0. The van der Waals surface area contributed by atoms with Gasteiger partial charge in [-0.15, -0.1) is 0 Å². The fourth-order valence-electron chi connectivity index (χ4n) is 1.74. The molecule has 4 nitrogen and oxygen atoms in total. The van der Waals surface area contributed by atoms with Gasteiger partial charge in [-0.05, 0) is 26.8 Å². The minimum atomic E-state index is -1.40. The highest BCUT2D eigenvalue weighted by Crippen LogP contribution is 2.34. The first-order chi connectivity index (χ1) is 7.91. The molecule has 0 saturated heterocycles. The molecule has 17 heavy (non-hydrogen) atoms. The highest BCUT2D eigenvalue weighted by molar-refractivity contribution is 5.80. The van der Waals surface area contributed by atoms with Crippen molar-refractivity contribution in [3.63, 3.8) is 0 Å². The van der Waals surface area contributed by atoms with E-state index in [0.717, 1.165) is 0 Å². The molecule has 1 rings (SSSR count). The summed E-state index contributed by atoms with van der Waals surface area (Å²) in [6.45, 7) is 5.14. The summed E-state index contributed by atoms with van der Waals surface area (Å²) in [6.07, 6.45) is -0.194. The number of ether oxygens (including phenoxy) is 2. The fourth-order valence-corrected chi connectivity index (χ4v) is 1.74. The van der Waals surface area contributed by atoms with Crippen LogP contribution < -0.4 is 4.74 Å². The van der Waals surface area contributed by atoms with Crippen molar-refractivity contribution in [1.82, 2.24) is 0 Å². The predicted molar refractivity (Wildman–Crippen MR) is 64.2 cm³/mol. The van der Waals surface area contributed by atoms with Crippen molar-refractivity contribution in [2.45, 2.75) is 32.5 Å². The van der Waals surface area contributed by atoms with E-state index in [4.69, 9.17) is 9.47 Å². The molecule has 0 radical (unpaired) electrons. The van der Waals surface area contributed by atoms with Gasteiger partial charge in [-0.2, -0.15) is 0 Å². The SMILES string of the molecule is COc1ccccc1C(C)(OC(C)C)C(=O)O. The number of methoxy groups -OCH3 is 1. The molecule has 1 aromatic carbocycles. The lowest BCUT2D eigenvalue weighted by Gasteiger charge is -2.29. The van der Waals surface area contributed by atoms with Gasteiger partial charge in [0.15, 0.2) is 5.60 Å². The molecule has 0 aliphatic rings. The first kappa shape index (κ1) is 13.5. The standard InChI is InChI=1S/C13H18O4/c1-9(2)17-13(3,12(14)15)10-7-5-6-8-11(10)16-4/h5-9H,1-4H3,(H,14,15). The number of rotatable bonds is 5. The Morgan fingerprint density at radius 3 is 2.41 bits per heavy atom. The number of hydrogen-bond acceptors (Lipinski definition) is 3. The molecule has 0 aliphatic carbocycles. The van der Waals surface area contributed by atoms with Gasteiger partial charge in [0.1, 0.15) is 5.75 Å². The van der Waals surface area contributed by atoms with Gasteiger partial charge < -0.3 is 14.6 Å². The van der Waals surface area contributed by atoms with Crippen molar-refractivity contribution in [3.05, 3.63) is 29.8 Å². The Morgan fingerprint density at radius 2 is 1.94 bits per heavy atom. The fraction of sp³-hybridized carbons (Fsp3) is 0.462. The Morgan fingerprint density at radius 1 is 1.35 bits per heavy atom. The average molecular weight is 238 g/mol. The van der Waals surface area contributed by atoms with Crippen molar-refractivity contribution in [2.75, 3.05) is 7.11 Å². The van der Waals surface area contributed by atoms with Gasteiger partial charge in [0.05, 0.1) is 13.2 Å². The van der Waals surface area contributed by atoms with Gasteiger partial charge >= 0.3 is 5.97 Å². The van der Waals surface area contributed by atoms with E-state index < -0.39 is 11.6 Å². The van der Waals surface area contributed by atoms with Crippen molar-refractivity contribution in [2.24, 2.45) is 0 Å². The molecule has 4 heteroatoms. The maximum atomic E-state index is 11.4. The zero-order valence-corrected chi connectivity index (χ0v) is 10.6. The van der Waals surface area contributed by atoms with Crippen molar-refractivity contribution in [3.8, 4) is 5.75 Å². The molecule has 0 heterocycles. The Bertz CT molecular complexity index is 400. The molecule has 0 aromatic heterocycles. The third kappa shape index (κ3) is 2.77. The summed E-state index contributed by atoms with van der Waals surface area (Å²) in [6, 6.07) is 6.98. The van der Waals surface area contributed by atoms with Crippen molar-refractivity contribution in [1.29, 1.82) is 0 Å². The summed E-state index contributed by atoms with van der Waals surface area (Å²) in [5.41, 5.74) is -0.885. The summed E-state index contributed by atoms with van der Waals surface area (Å²) in [4.78, 5) is 11.4. The molecular weight excluding hydrogens is 220 g/mol. The van der Waals surface area contributed by atoms with E-state index in [-0.39, 0.29) is 6.10 Å². The zero-order chi connectivity index (χ0) is 13.1. The molecule has 0 spiro atoms. The van der Waals surface area contributed by atoms with Crippen LogP contribution in [-0.2, 0) is 15.1 Å². The van der Waals surface area contributed by atoms with Gasteiger partial charge in [-0.1, -0.05) is 18.2 Å². The quantitative estimate of drug-likeness (QED) is 0.855. The summed E-state index contributed by atoms with van der Waals surface area (Å²) in [5.74, 6) is -0.520. The van der Waals surface area contributed by atoms with Crippen LogP contribution in [0.1, 0.15) is 26.3 Å². The monoisotopic (exact) mass is 238 g/mol. The molecule has 0 aliphatic heterocycles. The number of benzene rings is 1. The predicted octanol–water partition coefficient (Wildman–Crippen LogP) is 2.42. The molecule has 94 valence electrons. The molecule has 0 bridgehead atoms. The van der Waals surface area contributed by atoms with Crippen LogP contribution in [0, 0.1) is 0 Å². The molecule has 1 unspecified atom stereocenters. The maximum Gasteiger partial charge on any atom is 0.340 e. The van der Waals surface area contributed by atoms with Crippen molar-refractivity contribution >= 4 is 5.97 Å². The molecule has 1 aromatic rings. The second-order valence-corrected chi connectivity index (χ2v) is 4.21. The second-order valence-electron chi connectivity index (χ2n) is 4.21. The van der Waals surface area contributed by atoms with Crippen LogP contribution in [0.4, 0.5) is 0 Å². The summed E-state index contributed by atoms with van der Waals surface area (Å²) in [7, 11) is 1.51. The van der Waals surface area contributed by atoms with Gasteiger partial charge in [0, 0.05) is 5.56 Å². The third-order valence-electron chi connectivity index (χ3n) is 2.50. The van der Waals surface area contributed by atoms with E-state index in [1.54, 1.807) is 38.1 Å². The van der Waals surface area contributed by atoms with Crippen LogP contribution in [-0.4, -0.2) is 24.3 Å². The zero-order valence-electron chi connectivity index (χ0n) is 10.6. The van der Waals surface area contributed by atoms with Gasteiger partial charge in [-0.25, -0.2) is 4.79 Å². The van der Waals surface area contributed by atoms with Crippen LogP contribution in [0.2, 0.25) is 0 Å². The smallest absolute Gasteiger partial charge is 0.340 e. The lowest BCUT2D eigenvalue weighted by molar-refractivity contribution is -0.171. The lowest BCUT2D eigenvalue weighted by atomic mass is 9.94. The highest BCUT2D eigenvalue weighted by Gasteiger charge is 2.39. The largest absolute Gasteiger partial charge is 0.496 e. The number of carboxylic acid groups (broad SMARTS) is 1. The van der Waals surface area contributed by atoms with Crippen LogP contribution in [0.3, 0.4) is 0 Å². The first-order valence-corrected chi connectivity index (χ1v) is 5.46. The summed E-state index contributed by atoms with van der Waals surface area (Å²) < 4.78 is 10.7. The molecule has 1 atom stereocenters. The summed E-state index contributed by atoms with van der Waals surface area (Å²) in [5, 5.41) is 9.37. The van der Waals surface area contributed by atoms with Gasteiger partial charge in [-0.3, -0.25) is 0 Å².